The summed E-state index contributed by atoms with van der Waals surface area (Å²) >= 11 is 5.93. The predicted octanol–water partition coefficient (Wildman–Crippen LogP) is 5.78. The van der Waals surface area contributed by atoms with Crippen molar-refractivity contribution in [1.82, 2.24) is 0 Å². The molecule has 4 heteroatoms. The highest BCUT2D eigenvalue weighted by Crippen LogP contribution is 2.60. The van der Waals surface area contributed by atoms with Crippen molar-refractivity contribution >= 4 is 11.6 Å². The molecular formula is C27H43ClO3. The molecule has 3 rings (SSSR count). The largest absolute Gasteiger partial charge is 0.393 e. The quantitative estimate of drug-likeness (QED) is 0.431. The van der Waals surface area contributed by atoms with Gasteiger partial charge in [-0.3, -0.25) is 0 Å². The molecule has 176 valence electrons. The molecule has 0 spiro atoms. The molecule has 0 aromatic rings. The summed E-state index contributed by atoms with van der Waals surface area (Å²) in [6.07, 6.45) is 12.1. The number of fused-ring (bicyclic) bond motifs is 1. The lowest BCUT2D eigenvalue weighted by molar-refractivity contribution is 0.0722. The van der Waals surface area contributed by atoms with Crippen molar-refractivity contribution in [3.63, 3.8) is 0 Å². The summed E-state index contributed by atoms with van der Waals surface area (Å²) in [6, 6.07) is 0. The van der Waals surface area contributed by atoms with Crippen LogP contribution >= 0.6 is 11.6 Å². The topological polar surface area (TPSA) is 60.7 Å². The average molecular weight is 451 g/mol. The van der Waals surface area contributed by atoms with Crippen LogP contribution in [0.25, 0.3) is 0 Å². The summed E-state index contributed by atoms with van der Waals surface area (Å²) < 4.78 is 0. The van der Waals surface area contributed by atoms with Gasteiger partial charge in [-0.05, 0) is 91.6 Å². The Morgan fingerprint density at radius 2 is 1.94 bits per heavy atom. The highest BCUT2D eigenvalue weighted by molar-refractivity contribution is 6.18. The number of alkyl halides is 1. The van der Waals surface area contributed by atoms with Crippen LogP contribution in [0.4, 0.5) is 0 Å². The molecular weight excluding hydrogens is 408 g/mol. The first-order valence-electron chi connectivity index (χ1n) is 12.4. The van der Waals surface area contributed by atoms with Crippen molar-refractivity contribution in [2.45, 2.75) is 96.9 Å². The van der Waals surface area contributed by atoms with Crippen molar-refractivity contribution < 1.29 is 15.3 Å². The Bertz CT molecular complexity index is 699. The van der Waals surface area contributed by atoms with Crippen LogP contribution in [0.1, 0.15) is 78.6 Å². The highest BCUT2D eigenvalue weighted by Gasteiger charge is 2.50. The van der Waals surface area contributed by atoms with Crippen LogP contribution in [-0.2, 0) is 0 Å². The molecule has 0 bridgehead atoms. The number of hydrogen-bond donors (Lipinski definition) is 3. The molecule has 0 saturated heterocycles. The van der Waals surface area contributed by atoms with Crippen molar-refractivity contribution in [3.05, 3.63) is 35.5 Å². The van der Waals surface area contributed by atoms with Crippen molar-refractivity contribution in [3.8, 4) is 0 Å². The second kappa shape index (κ2) is 10.5. The van der Waals surface area contributed by atoms with Crippen molar-refractivity contribution in [2.75, 3.05) is 5.88 Å². The zero-order valence-electron chi connectivity index (χ0n) is 19.7. The van der Waals surface area contributed by atoms with Gasteiger partial charge in [0.15, 0.2) is 0 Å². The molecule has 3 saturated carbocycles. The molecule has 3 aliphatic carbocycles. The van der Waals surface area contributed by atoms with Crippen LogP contribution in [0, 0.1) is 29.1 Å². The van der Waals surface area contributed by atoms with Gasteiger partial charge in [-0.2, -0.15) is 0 Å². The number of hydrogen-bond acceptors (Lipinski definition) is 3. The van der Waals surface area contributed by atoms with E-state index in [0.717, 1.165) is 30.4 Å². The smallest absolute Gasteiger partial charge is 0.0811 e. The minimum atomic E-state index is -0.626. The zero-order chi connectivity index (χ0) is 22.8. The van der Waals surface area contributed by atoms with E-state index in [2.05, 4.69) is 32.6 Å². The maximum absolute atomic E-state index is 10.4. The van der Waals surface area contributed by atoms with Gasteiger partial charge in [0, 0.05) is 12.3 Å². The summed E-state index contributed by atoms with van der Waals surface area (Å²) in [5, 5.41) is 30.5. The summed E-state index contributed by atoms with van der Waals surface area (Å²) in [7, 11) is 0. The van der Waals surface area contributed by atoms with E-state index in [1.165, 1.54) is 31.3 Å². The third-order valence-corrected chi connectivity index (χ3v) is 9.29. The van der Waals surface area contributed by atoms with Crippen LogP contribution in [-0.4, -0.2) is 39.5 Å². The molecule has 0 aliphatic heterocycles. The molecule has 3 nitrogen and oxygen atoms in total. The molecule has 3 aliphatic rings. The third kappa shape index (κ3) is 5.49. The SMILES string of the molecule is C=C1/C(=C\C=C2/CCC[C@]3(C)[C@@H]([C@H](C)CCC(O)C(C)CCl)CC[C@@H]23)C[C@@H](O)C[C@@H]1O. The van der Waals surface area contributed by atoms with Gasteiger partial charge in [-0.1, -0.05) is 45.1 Å². The minimum Gasteiger partial charge on any atom is -0.393 e. The second-order valence-electron chi connectivity index (χ2n) is 10.9. The molecule has 0 aromatic carbocycles. The van der Waals surface area contributed by atoms with Gasteiger partial charge >= 0.3 is 0 Å². The van der Waals surface area contributed by atoms with Gasteiger partial charge in [-0.15, -0.1) is 11.6 Å². The minimum absolute atomic E-state index is 0.157. The summed E-state index contributed by atoms with van der Waals surface area (Å²) in [6.45, 7) is 11.0. The van der Waals surface area contributed by atoms with E-state index in [4.69, 9.17) is 11.6 Å². The lowest BCUT2D eigenvalue weighted by Crippen LogP contribution is -2.36. The van der Waals surface area contributed by atoms with Crippen molar-refractivity contribution in [1.29, 1.82) is 0 Å². The van der Waals surface area contributed by atoms with Gasteiger partial charge in [0.05, 0.1) is 18.3 Å². The Morgan fingerprint density at radius 3 is 2.65 bits per heavy atom. The molecule has 0 amide bonds. The fraction of sp³-hybridized carbons (Fsp3) is 0.778. The number of rotatable bonds is 7. The first-order chi connectivity index (χ1) is 14.7. The first-order valence-corrected chi connectivity index (χ1v) is 12.9. The van der Waals surface area contributed by atoms with Gasteiger partial charge in [0.1, 0.15) is 0 Å². The lowest BCUT2D eigenvalue weighted by atomic mass is 9.60. The maximum Gasteiger partial charge on any atom is 0.0811 e. The molecule has 8 atom stereocenters. The van der Waals surface area contributed by atoms with Gasteiger partial charge in [0.25, 0.3) is 0 Å². The second-order valence-corrected chi connectivity index (χ2v) is 11.2. The zero-order valence-corrected chi connectivity index (χ0v) is 20.4. The molecule has 3 fully saturated rings. The third-order valence-electron chi connectivity index (χ3n) is 8.81. The lowest BCUT2D eigenvalue weighted by Gasteiger charge is -2.44. The predicted molar refractivity (Wildman–Crippen MR) is 129 cm³/mol. The summed E-state index contributed by atoms with van der Waals surface area (Å²) in [4.78, 5) is 0. The molecule has 0 radical (unpaired) electrons. The Labute approximate surface area is 194 Å². The van der Waals surface area contributed by atoms with E-state index < -0.39 is 12.2 Å². The number of aliphatic hydroxyl groups excluding tert-OH is 3. The van der Waals surface area contributed by atoms with Gasteiger partial charge < -0.3 is 15.3 Å². The fourth-order valence-electron chi connectivity index (χ4n) is 6.70. The Hall–Kier alpha value is -0.610. The Morgan fingerprint density at radius 1 is 1.19 bits per heavy atom. The monoisotopic (exact) mass is 450 g/mol. The van der Waals surface area contributed by atoms with E-state index in [9.17, 15) is 15.3 Å². The van der Waals surface area contributed by atoms with Crippen LogP contribution in [0.5, 0.6) is 0 Å². The molecule has 3 N–H and O–H groups in total. The normalized spacial score (nSPS) is 39.5. The maximum atomic E-state index is 10.4. The number of aliphatic hydroxyl groups is 3. The molecule has 0 heterocycles. The van der Waals surface area contributed by atoms with E-state index in [1.807, 2.05) is 6.92 Å². The first kappa shape index (κ1) is 25.0. The molecule has 2 unspecified atom stereocenters. The van der Waals surface area contributed by atoms with E-state index in [-0.39, 0.29) is 12.0 Å². The summed E-state index contributed by atoms with van der Waals surface area (Å²) in [5.74, 6) is 2.59. The van der Waals surface area contributed by atoms with Gasteiger partial charge in [0.2, 0.25) is 0 Å². The molecule has 31 heavy (non-hydrogen) atoms. The van der Waals surface area contributed by atoms with E-state index >= 15 is 0 Å². The summed E-state index contributed by atoms with van der Waals surface area (Å²) in [5.41, 5.74) is 3.63. The van der Waals surface area contributed by atoms with E-state index in [1.54, 1.807) is 0 Å². The highest BCUT2D eigenvalue weighted by atomic mass is 35.5. The van der Waals surface area contributed by atoms with Crippen LogP contribution < -0.4 is 0 Å². The Kier molecular flexibility index (Phi) is 8.51. The van der Waals surface area contributed by atoms with Crippen LogP contribution in [0.3, 0.4) is 0 Å². The molecule has 0 aromatic heterocycles. The van der Waals surface area contributed by atoms with Gasteiger partial charge in [-0.25, -0.2) is 0 Å². The standard InChI is InChI=1S/C27H43ClO3/c1-17(7-12-25(30)18(2)16-28)23-10-11-24-20(6-5-13-27(23,24)4)8-9-21-14-22(29)15-26(31)19(21)3/h8-9,17-18,22-26,29-31H,3,5-7,10-16H2,1-2,4H3/b20-8+,21-9-/t17-,18?,22-,23-,24+,25?,26+,27-/m1/s1. The number of allylic oxidation sites excluding steroid dienone is 3. The Balaban J connectivity index is 1.70. The fourth-order valence-corrected chi connectivity index (χ4v) is 6.91. The van der Waals surface area contributed by atoms with Crippen LogP contribution in [0.15, 0.2) is 35.5 Å². The average Bonchev–Trinajstić information content (AvgIpc) is 3.10. The van der Waals surface area contributed by atoms with Crippen LogP contribution in [0.2, 0.25) is 0 Å². The number of halogens is 1. The van der Waals surface area contributed by atoms with Crippen molar-refractivity contribution in [2.24, 2.45) is 29.1 Å². The van der Waals surface area contributed by atoms with E-state index in [0.29, 0.717) is 41.9 Å².